The van der Waals surface area contributed by atoms with E-state index in [4.69, 9.17) is 9.26 Å². The highest BCUT2D eigenvalue weighted by Gasteiger charge is 2.24. The number of aromatic nitrogens is 4. The van der Waals surface area contributed by atoms with Gasteiger partial charge in [0, 0.05) is 18.7 Å². The van der Waals surface area contributed by atoms with Crippen LogP contribution in [0.3, 0.4) is 0 Å². The molecule has 0 bridgehead atoms. The molecule has 1 aliphatic rings. The maximum atomic E-state index is 12.0. The van der Waals surface area contributed by atoms with Crippen molar-refractivity contribution >= 4 is 11.0 Å². The number of nitrogens with zero attached hydrogens (tertiary/aromatic N) is 3. The Labute approximate surface area is 142 Å². The van der Waals surface area contributed by atoms with Gasteiger partial charge in [-0.2, -0.15) is 4.98 Å². The molecule has 0 spiro atoms. The molecule has 1 aliphatic heterocycles. The summed E-state index contributed by atoms with van der Waals surface area (Å²) >= 11 is 0. The van der Waals surface area contributed by atoms with Gasteiger partial charge in [-0.1, -0.05) is 12.1 Å². The predicted molar refractivity (Wildman–Crippen MR) is 90.3 cm³/mol. The van der Waals surface area contributed by atoms with E-state index in [-0.39, 0.29) is 6.10 Å². The monoisotopic (exact) mass is 342 g/mol. The molecule has 0 amide bonds. The van der Waals surface area contributed by atoms with Crippen molar-refractivity contribution in [2.24, 2.45) is 0 Å². The van der Waals surface area contributed by atoms with Gasteiger partial charge in [0.15, 0.2) is 0 Å². The van der Waals surface area contributed by atoms with Crippen molar-refractivity contribution in [1.82, 2.24) is 19.7 Å². The molecule has 1 aromatic carbocycles. The van der Waals surface area contributed by atoms with E-state index in [0.717, 1.165) is 19.3 Å². The smallest absolute Gasteiger partial charge is 0.316 e. The second kappa shape index (κ2) is 6.29. The van der Waals surface area contributed by atoms with E-state index in [1.165, 1.54) is 4.57 Å². The van der Waals surface area contributed by atoms with Gasteiger partial charge < -0.3 is 18.8 Å². The van der Waals surface area contributed by atoms with Crippen LogP contribution < -0.4 is 11.1 Å². The highest BCUT2D eigenvalue weighted by molar-refractivity contribution is 5.80. The molecule has 8 heteroatoms. The second-order valence-corrected chi connectivity index (χ2v) is 6.10. The van der Waals surface area contributed by atoms with Crippen LogP contribution in [0.25, 0.3) is 22.4 Å². The average molecular weight is 342 g/mol. The molecular weight excluding hydrogens is 324 g/mol. The van der Waals surface area contributed by atoms with E-state index >= 15 is 0 Å². The van der Waals surface area contributed by atoms with E-state index in [0.29, 0.717) is 41.5 Å². The second-order valence-electron chi connectivity index (χ2n) is 6.10. The number of nitrogens with one attached hydrogen (secondary N) is 1. The molecule has 130 valence electrons. The number of benzene rings is 1. The summed E-state index contributed by atoms with van der Waals surface area (Å²) in [5.41, 5.74) is 0.781. The van der Waals surface area contributed by atoms with Crippen molar-refractivity contribution in [2.45, 2.75) is 38.8 Å². The minimum Gasteiger partial charge on any atom is -0.368 e. The lowest BCUT2D eigenvalue weighted by Gasteiger charge is -2.08. The zero-order valence-electron chi connectivity index (χ0n) is 13.8. The summed E-state index contributed by atoms with van der Waals surface area (Å²) in [6, 6.07) is 5.36. The van der Waals surface area contributed by atoms with Crippen LogP contribution in [0.1, 0.15) is 38.2 Å². The van der Waals surface area contributed by atoms with Crippen LogP contribution >= 0.6 is 0 Å². The minimum atomic E-state index is -0.633. The van der Waals surface area contributed by atoms with Crippen LogP contribution in [0.2, 0.25) is 0 Å². The molecule has 2 aromatic heterocycles. The zero-order chi connectivity index (χ0) is 17.4. The van der Waals surface area contributed by atoms with Crippen molar-refractivity contribution in [3.8, 4) is 11.4 Å². The van der Waals surface area contributed by atoms with E-state index in [1.807, 2.05) is 13.0 Å². The Bertz CT molecular complexity index is 1030. The quantitative estimate of drug-likeness (QED) is 0.728. The first-order valence-corrected chi connectivity index (χ1v) is 8.40. The van der Waals surface area contributed by atoms with Crippen LogP contribution in [0.5, 0.6) is 0 Å². The standard InChI is InChI=1S/C17H18N4O4/c1-2-7-21-12-6-5-10(9-11(12)18-15(22)17(21)23)14-19-16(25-20-14)13-4-3-8-24-13/h5-6,9,13H,2-4,7-8H2,1H3,(H,18,22). The Hall–Kier alpha value is -2.74. The van der Waals surface area contributed by atoms with E-state index in [9.17, 15) is 9.59 Å². The largest absolute Gasteiger partial charge is 0.368 e. The SMILES string of the molecule is CCCn1c(=O)c(=O)[nH]c2cc(-c3noc(C4CCCO4)n3)ccc21. The van der Waals surface area contributed by atoms with E-state index < -0.39 is 11.1 Å². The van der Waals surface area contributed by atoms with E-state index in [1.54, 1.807) is 12.1 Å². The lowest BCUT2D eigenvalue weighted by atomic mass is 10.1. The molecule has 8 nitrogen and oxygen atoms in total. The fourth-order valence-corrected chi connectivity index (χ4v) is 3.12. The van der Waals surface area contributed by atoms with Crippen molar-refractivity contribution in [2.75, 3.05) is 6.61 Å². The number of hydrogen-bond donors (Lipinski definition) is 1. The Morgan fingerprint density at radius 2 is 2.24 bits per heavy atom. The number of rotatable bonds is 4. The van der Waals surface area contributed by atoms with Gasteiger partial charge >= 0.3 is 11.1 Å². The predicted octanol–water partition coefficient (Wildman–Crippen LogP) is 2.00. The minimum absolute atomic E-state index is 0.142. The molecule has 1 unspecified atom stereocenters. The van der Waals surface area contributed by atoms with Crippen molar-refractivity contribution in [1.29, 1.82) is 0 Å². The van der Waals surface area contributed by atoms with Gasteiger partial charge in [-0.25, -0.2) is 0 Å². The molecule has 1 N–H and O–H groups in total. The summed E-state index contributed by atoms with van der Waals surface area (Å²) in [7, 11) is 0. The van der Waals surface area contributed by atoms with Crippen LogP contribution in [0.15, 0.2) is 32.3 Å². The average Bonchev–Trinajstić information content (AvgIpc) is 3.29. The Balaban J connectivity index is 1.78. The number of hydrogen-bond acceptors (Lipinski definition) is 6. The summed E-state index contributed by atoms with van der Waals surface area (Å²) in [5, 5.41) is 4.01. The van der Waals surface area contributed by atoms with Crippen LogP contribution in [-0.2, 0) is 11.3 Å². The maximum absolute atomic E-state index is 12.0. The molecule has 0 saturated carbocycles. The summed E-state index contributed by atoms with van der Waals surface area (Å²) in [4.78, 5) is 31.0. The van der Waals surface area contributed by atoms with Crippen LogP contribution in [0, 0.1) is 0 Å². The summed E-state index contributed by atoms with van der Waals surface area (Å²) in [6.07, 6.45) is 2.47. The Morgan fingerprint density at radius 1 is 1.36 bits per heavy atom. The lowest BCUT2D eigenvalue weighted by Crippen LogP contribution is -2.36. The molecule has 3 heterocycles. The Kier molecular flexibility index (Phi) is 3.96. The molecule has 25 heavy (non-hydrogen) atoms. The summed E-state index contributed by atoms with van der Waals surface area (Å²) < 4.78 is 12.3. The molecule has 1 fully saturated rings. The van der Waals surface area contributed by atoms with Crippen LogP contribution in [-0.4, -0.2) is 26.3 Å². The number of ether oxygens (including phenoxy) is 1. The molecular formula is C17H18N4O4. The highest BCUT2D eigenvalue weighted by Crippen LogP contribution is 2.29. The zero-order valence-corrected chi connectivity index (χ0v) is 13.8. The van der Waals surface area contributed by atoms with Gasteiger partial charge in [0.05, 0.1) is 11.0 Å². The number of H-pyrrole nitrogens is 1. The van der Waals surface area contributed by atoms with Gasteiger partial charge in [0.25, 0.3) is 5.89 Å². The number of aryl methyl sites for hydroxylation is 1. The number of fused-ring (bicyclic) bond motifs is 1. The van der Waals surface area contributed by atoms with Gasteiger partial charge in [-0.3, -0.25) is 9.59 Å². The van der Waals surface area contributed by atoms with Gasteiger partial charge in [0.1, 0.15) is 6.10 Å². The Morgan fingerprint density at radius 3 is 3.00 bits per heavy atom. The molecule has 4 rings (SSSR count). The molecule has 0 radical (unpaired) electrons. The van der Waals surface area contributed by atoms with Crippen molar-refractivity contribution < 1.29 is 9.26 Å². The van der Waals surface area contributed by atoms with Gasteiger partial charge in [0.2, 0.25) is 5.82 Å². The van der Waals surface area contributed by atoms with Gasteiger partial charge in [-0.05, 0) is 37.5 Å². The van der Waals surface area contributed by atoms with Gasteiger partial charge in [-0.15, -0.1) is 0 Å². The van der Waals surface area contributed by atoms with Crippen molar-refractivity contribution in [3.05, 3.63) is 44.8 Å². The molecule has 3 aromatic rings. The normalized spacial score (nSPS) is 17.4. The fourth-order valence-electron chi connectivity index (χ4n) is 3.12. The highest BCUT2D eigenvalue weighted by atomic mass is 16.5. The first-order chi connectivity index (χ1) is 12.2. The fraction of sp³-hybridized carbons (Fsp3) is 0.412. The molecule has 0 aliphatic carbocycles. The first kappa shape index (κ1) is 15.8. The molecule has 1 saturated heterocycles. The van der Waals surface area contributed by atoms with E-state index in [2.05, 4.69) is 15.1 Å². The molecule has 1 atom stereocenters. The summed E-state index contributed by atoms with van der Waals surface area (Å²) in [5.74, 6) is 0.901. The lowest BCUT2D eigenvalue weighted by molar-refractivity contribution is 0.0835. The third kappa shape index (κ3) is 2.78. The van der Waals surface area contributed by atoms with Crippen molar-refractivity contribution in [3.63, 3.8) is 0 Å². The van der Waals surface area contributed by atoms with Crippen LogP contribution in [0.4, 0.5) is 0 Å². The third-order valence-corrected chi connectivity index (χ3v) is 4.33. The topological polar surface area (TPSA) is 103 Å². The summed E-state index contributed by atoms with van der Waals surface area (Å²) in [6.45, 7) is 3.15. The maximum Gasteiger partial charge on any atom is 0.316 e. The third-order valence-electron chi connectivity index (χ3n) is 4.33. The first-order valence-electron chi connectivity index (χ1n) is 8.40. The number of aromatic amines is 1.